The number of rotatable bonds is 4. The first kappa shape index (κ1) is 13.3. The molecule has 2 aromatic heterocycles. The normalized spacial score (nSPS) is 10.6. The molecule has 0 bridgehead atoms. The van der Waals surface area contributed by atoms with Gasteiger partial charge in [-0.15, -0.1) is 0 Å². The van der Waals surface area contributed by atoms with Gasteiger partial charge in [0.1, 0.15) is 11.4 Å². The molecule has 0 atom stereocenters. The van der Waals surface area contributed by atoms with Crippen LogP contribution in [0, 0.1) is 0 Å². The van der Waals surface area contributed by atoms with Gasteiger partial charge in [-0.05, 0) is 30.3 Å². The smallest absolute Gasteiger partial charge is 0.161 e. The second-order valence-electron chi connectivity index (χ2n) is 4.53. The third-order valence-corrected chi connectivity index (χ3v) is 3.34. The highest BCUT2D eigenvalue weighted by Gasteiger charge is 2.09. The number of fused-ring (bicyclic) bond motifs is 1. The molecule has 0 saturated heterocycles. The Labute approximate surface area is 122 Å². The lowest BCUT2D eigenvalue weighted by Crippen LogP contribution is -1.90. The van der Waals surface area contributed by atoms with Crippen LogP contribution in [0.3, 0.4) is 0 Å². The third-order valence-electron chi connectivity index (χ3n) is 3.34. The van der Waals surface area contributed by atoms with Gasteiger partial charge in [-0.3, -0.25) is 0 Å². The Morgan fingerprint density at radius 2 is 1.67 bits per heavy atom. The minimum Gasteiger partial charge on any atom is -0.495 e. The van der Waals surface area contributed by atoms with Gasteiger partial charge in [-0.1, -0.05) is 0 Å². The Kier molecular flexibility index (Phi) is 3.39. The largest absolute Gasteiger partial charge is 0.495 e. The van der Waals surface area contributed by atoms with Gasteiger partial charge in [0.15, 0.2) is 11.5 Å². The fourth-order valence-corrected chi connectivity index (χ4v) is 2.23. The predicted molar refractivity (Wildman–Crippen MR) is 80.3 cm³/mol. The van der Waals surface area contributed by atoms with Gasteiger partial charge in [0.25, 0.3) is 0 Å². The van der Waals surface area contributed by atoms with Crippen LogP contribution in [0.1, 0.15) is 0 Å². The van der Waals surface area contributed by atoms with Crippen molar-refractivity contribution in [2.45, 2.75) is 0 Å². The van der Waals surface area contributed by atoms with Crippen molar-refractivity contribution in [1.29, 1.82) is 0 Å². The summed E-state index contributed by atoms with van der Waals surface area (Å²) in [5, 5.41) is 0. The SMILES string of the molecule is COc1ccc2nc(-c3ccc(OC)c(OC)c3)cn2c1. The van der Waals surface area contributed by atoms with Crippen LogP contribution in [-0.2, 0) is 0 Å². The molecular weight excluding hydrogens is 268 g/mol. The number of ether oxygens (including phenoxy) is 3. The van der Waals surface area contributed by atoms with Crippen molar-refractivity contribution in [3.8, 4) is 28.5 Å². The molecule has 108 valence electrons. The number of benzene rings is 1. The van der Waals surface area contributed by atoms with Gasteiger partial charge in [0, 0.05) is 11.8 Å². The van der Waals surface area contributed by atoms with Crippen LogP contribution in [-0.4, -0.2) is 30.7 Å². The van der Waals surface area contributed by atoms with Crippen LogP contribution in [0.15, 0.2) is 42.7 Å². The molecule has 0 radical (unpaired) electrons. The number of hydrogen-bond donors (Lipinski definition) is 0. The molecule has 3 aromatic rings. The predicted octanol–water partition coefficient (Wildman–Crippen LogP) is 3.03. The maximum Gasteiger partial charge on any atom is 0.161 e. The van der Waals surface area contributed by atoms with E-state index in [-0.39, 0.29) is 0 Å². The second-order valence-corrected chi connectivity index (χ2v) is 4.53. The Morgan fingerprint density at radius 3 is 2.38 bits per heavy atom. The van der Waals surface area contributed by atoms with E-state index < -0.39 is 0 Å². The van der Waals surface area contributed by atoms with E-state index in [4.69, 9.17) is 14.2 Å². The summed E-state index contributed by atoms with van der Waals surface area (Å²) in [4.78, 5) is 4.60. The maximum atomic E-state index is 5.33. The first-order valence-corrected chi connectivity index (χ1v) is 6.50. The first-order valence-electron chi connectivity index (χ1n) is 6.50. The molecule has 1 aromatic carbocycles. The molecule has 0 fully saturated rings. The first-order chi connectivity index (χ1) is 10.2. The highest BCUT2D eigenvalue weighted by atomic mass is 16.5. The van der Waals surface area contributed by atoms with Crippen LogP contribution >= 0.6 is 0 Å². The number of hydrogen-bond acceptors (Lipinski definition) is 4. The van der Waals surface area contributed by atoms with Crippen molar-refractivity contribution in [3.63, 3.8) is 0 Å². The Hall–Kier alpha value is -2.69. The lowest BCUT2D eigenvalue weighted by Gasteiger charge is -2.08. The average molecular weight is 284 g/mol. The highest BCUT2D eigenvalue weighted by Crippen LogP contribution is 2.32. The zero-order chi connectivity index (χ0) is 14.8. The summed E-state index contributed by atoms with van der Waals surface area (Å²) in [6.07, 6.45) is 3.85. The quantitative estimate of drug-likeness (QED) is 0.738. The third kappa shape index (κ3) is 2.38. The van der Waals surface area contributed by atoms with Crippen LogP contribution in [0.4, 0.5) is 0 Å². The summed E-state index contributed by atoms with van der Waals surface area (Å²) < 4.78 is 17.7. The summed E-state index contributed by atoms with van der Waals surface area (Å²) in [7, 11) is 4.89. The second kappa shape index (κ2) is 5.36. The molecular formula is C16H16N2O3. The molecule has 3 rings (SSSR count). The fourth-order valence-electron chi connectivity index (χ4n) is 2.23. The van der Waals surface area contributed by atoms with Gasteiger partial charge in [-0.2, -0.15) is 0 Å². The van der Waals surface area contributed by atoms with E-state index in [0.29, 0.717) is 11.5 Å². The molecule has 0 saturated carbocycles. The number of aromatic nitrogens is 2. The Balaban J connectivity index is 2.07. The van der Waals surface area contributed by atoms with Gasteiger partial charge in [-0.25, -0.2) is 4.98 Å². The van der Waals surface area contributed by atoms with E-state index >= 15 is 0 Å². The fraction of sp³-hybridized carbons (Fsp3) is 0.188. The molecule has 0 amide bonds. The van der Waals surface area contributed by atoms with Gasteiger partial charge in [0.05, 0.1) is 33.2 Å². The van der Waals surface area contributed by atoms with Crippen LogP contribution in [0.25, 0.3) is 16.9 Å². The van der Waals surface area contributed by atoms with Gasteiger partial charge in [0.2, 0.25) is 0 Å². The standard InChI is InChI=1S/C16H16N2O3/c1-19-12-5-7-16-17-13(10-18(16)9-12)11-4-6-14(20-2)15(8-11)21-3/h4-10H,1-3H3. The number of pyridine rings is 1. The molecule has 0 aliphatic carbocycles. The molecule has 0 aliphatic rings. The summed E-state index contributed by atoms with van der Waals surface area (Å²) in [6, 6.07) is 9.56. The summed E-state index contributed by atoms with van der Waals surface area (Å²) in [5.41, 5.74) is 2.69. The Bertz CT molecular complexity index is 780. The maximum absolute atomic E-state index is 5.33. The number of imidazole rings is 1. The summed E-state index contributed by atoms with van der Waals surface area (Å²) in [6.45, 7) is 0. The summed E-state index contributed by atoms with van der Waals surface area (Å²) in [5.74, 6) is 2.18. The monoisotopic (exact) mass is 284 g/mol. The molecule has 0 N–H and O–H groups in total. The van der Waals surface area contributed by atoms with E-state index in [1.54, 1.807) is 21.3 Å². The average Bonchev–Trinajstić information content (AvgIpc) is 2.96. The van der Waals surface area contributed by atoms with Crippen molar-refractivity contribution in [2.24, 2.45) is 0 Å². The zero-order valence-corrected chi connectivity index (χ0v) is 12.2. The molecule has 21 heavy (non-hydrogen) atoms. The van der Waals surface area contributed by atoms with Crippen LogP contribution in [0.5, 0.6) is 17.2 Å². The molecule has 5 heteroatoms. The minimum atomic E-state index is 0.685. The van der Waals surface area contributed by atoms with Crippen LogP contribution in [0.2, 0.25) is 0 Å². The molecule has 0 spiro atoms. The van der Waals surface area contributed by atoms with E-state index in [0.717, 1.165) is 22.7 Å². The van der Waals surface area contributed by atoms with Gasteiger partial charge >= 0.3 is 0 Å². The van der Waals surface area contributed by atoms with E-state index in [1.807, 2.05) is 47.1 Å². The lowest BCUT2D eigenvalue weighted by atomic mass is 10.1. The molecule has 5 nitrogen and oxygen atoms in total. The van der Waals surface area contributed by atoms with E-state index in [9.17, 15) is 0 Å². The van der Waals surface area contributed by atoms with Crippen LogP contribution < -0.4 is 14.2 Å². The van der Waals surface area contributed by atoms with Gasteiger partial charge < -0.3 is 18.6 Å². The van der Waals surface area contributed by atoms with E-state index in [2.05, 4.69) is 4.98 Å². The van der Waals surface area contributed by atoms with Crippen molar-refractivity contribution >= 4 is 5.65 Å². The highest BCUT2D eigenvalue weighted by molar-refractivity contribution is 5.66. The molecule has 0 aliphatic heterocycles. The Morgan fingerprint density at radius 1 is 0.857 bits per heavy atom. The lowest BCUT2D eigenvalue weighted by molar-refractivity contribution is 0.355. The van der Waals surface area contributed by atoms with Crippen molar-refractivity contribution in [1.82, 2.24) is 9.38 Å². The molecule has 2 heterocycles. The molecule has 0 unspecified atom stereocenters. The van der Waals surface area contributed by atoms with Crippen molar-refractivity contribution in [2.75, 3.05) is 21.3 Å². The van der Waals surface area contributed by atoms with Crippen molar-refractivity contribution in [3.05, 3.63) is 42.7 Å². The van der Waals surface area contributed by atoms with E-state index in [1.165, 1.54) is 0 Å². The topological polar surface area (TPSA) is 45.0 Å². The minimum absolute atomic E-state index is 0.685. The number of nitrogens with zero attached hydrogens (tertiary/aromatic N) is 2. The zero-order valence-electron chi connectivity index (χ0n) is 12.2. The van der Waals surface area contributed by atoms with Crippen molar-refractivity contribution < 1.29 is 14.2 Å². The summed E-state index contributed by atoms with van der Waals surface area (Å²) >= 11 is 0. The number of methoxy groups -OCH3 is 3.